The Hall–Kier alpha value is -3.28. The number of likely N-dealkylation sites (tertiary alicyclic amines) is 1. The minimum absolute atomic E-state index is 0.137. The first-order chi connectivity index (χ1) is 14.0. The highest BCUT2D eigenvalue weighted by Gasteiger charge is 2.63. The number of hydrogen-bond acceptors (Lipinski definition) is 5. The van der Waals surface area contributed by atoms with Crippen LogP contribution in [-0.2, 0) is 9.53 Å². The van der Waals surface area contributed by atoms with Crippen LogP contribution in [0.4, 0.5) is 15.3 Å². The predicted molar refractivity (Wildman–Crippen MR) is 101 cm³/mol. The van der Waals surface area contributed by atoms with Crippen LogP contribution in [0.5, 0.6) is 0 Å². The molecule has 9 nitrogen and oxygen atoms in total. The van der Waals surface area contributed by atoms with Crippen LogP contribution in [0.1, 0.15) is 18.4 Å². The summed E-state index contributed by atoms with van der Waals surface area (Å²) in [5, 5.41) is 11.8. The molecule has 0 radical (unpaired) electrons. The monoisotopic (exact) mass is 395 g/mol. The van der Waals surface area contributed by atoms with Crippen molar-refractivity contribution in [3.05, 3.63) is 29.8 Å². The first-order valence-corrected chi connectivity index (χ1v) is 9.83. The molecule has 5 rings (SSSR count). The summed E-state index contributed by atoms with van der Waals surface area (Å²) < 4.78 is 5.69. The highest BCUT2D eigenvalue weighted by atomic mass is 16.6. The van der Waals surface area contributed by atoms with Crippen LogP contribution in [0.3, 0.4) is 0 Å². The number of rotatable bonds is 2. The van der Waals surface area contributed by atoms with Crippen LogP contribution in [-0.4, -0.2) is 77.1 Å². The number of anilines is 1. The number of hydrogen-bond donors (Lipinski definition) is 1. The van der Waals surface area contributed by atoms with Gasteiger partial charge in [0.25, 0.3) is 0 Å². The quantitative estimate of drug-likeness (QED) is 0.810. The van der Waals surface area contributed by atoms with Gasteiger partial charge in [-0.2, -0.15) is 5.26 Å². The molecule has 3 aliphatic heterocycles. The predicted octanol–water partition coefficient (Wildman–Crippen LogP) is 1.22. The van der Waals surface area contributed by atoms with Gasteiger partial charge in [0.2, 0.25) is 5.91 Å². The number of amides is 4. The summed E-state index contributed by atoms with van der Waals surface area (Å²) in [5.41, 5.74) is 0.299. The number of urea groups is 1. The lowest BCUT2D eigenvalue weighted by molar-refractivity contribution is -0.156. The zero-order chi connectivity index (χ0) is 20.2. The summed E-state index contributed by atoms with van der Waals surface area (Å²) in [5.74, 6) is 0.284. The molecule has 1 aliphatic carbocycles. The number of ether oxygens (including phenoxy) is 1. The van der Waals surface area contributed by atoms with Crippen LogP contribution in [0, 0.1) is 17.2 Å². The summed E-state index contributed by atoms with van der Waals surface area (Å²) in [6.07, 6.45) is 1.52. The van der Waals surface area contributed by atoms with Gasteiger partial charge in [-0.15, -0.1) is 0 Å². The van der Waals surface area contributed by atoms with E-state index in [4.69, 9.17) is 10.00 Å². The van der Waals surface area contributed by atoms with E-state index in [1.54, 1.807) is 39.0 Å². The Morgan fingerprint density at radius 3 is 2.72 bits per heavy atom. The first kappa shape index (κ1) is 17.8. The van der Waals surface area contributed by atoms with E-state index >= 15 is 0 Å². The van der Waals surface area contributed by atoms with Crippen molar-refractivity contribution in [3.8, 4) is 6.07 Å². The number of nitrogens with zero attached hydrogens (tertiary/aromatic N) is 4. The molecule has 0 aromatic heterocycles. The Kier molecular flexibility index (Phi) is 3.91. The Balaban J connectivity index is 1.26. The van der Waals surface area contributed by atoms with Crippen molar-refractivity contribution in [3.63, 3.8) is 0 Å². The number of piperazine rings is 1. The van der Waals surface area contributed by atoms with E-state index in [2.05, 4.69) is 5.32 Å². The van der Waals surface area contributed by atoms with Crippen molar-refractivity contribution in [2.24, 2.45) is 5.92 Å². The number of fused-ring (bicyclic) bond motifs is 2. The minimum atomic E-state index is -0.721. The molecule has 4 aliphatic rings. The molecule has 1 aromatic rings. The van der Waals surface area contributed by atoms with Crippen LogP contribution in [0.2, 0.25) is 0 Å². The molecule has 4 fully saturated rings. The fourth-order valence-electron chi connectivity index (χ4n) is 4.43. The van der Waals surface area contributed by atoms with Gasteiger partial charge in [-0.3, -0.25) is 9.69 Å². The van der Waals surface area contributed by atoms with Crippen LogP contribution < -0.4 is 5.32 Å². The van der Waals surface area contributed by atoms with Gasteiger partial charge >= 0.3 is 12.1 Å². The average Bonchev–Trinajstić information content (AvgIpc) is 3.50. The smallest absolute Gasteiger partial charge is 0.411 e. The molecule has 150 valence electrons. The molecule has 1 spiro atoms. The summed E-state index contributed by atoms with van der Waals surface area (Å²) in [4.78, 5) is 42.5. The van der Waals surface area contributed by atoms with Gasteiger partial charge in [0.15, 0.2) is 5.60 Å². The van der Waals surface area contributed by atoms with Crippen LogP contribution in [0.15, 0.2) is 24.3 Å². The van der Waals surface area contributed by atoms with Gasteiger partial charge in [-0.1, -0.05) is 6.07 Å². The van der Waals surface area contributed by atoms with Crippen molar-refractivity contribution in [2.45, 2.75) is 24.5 Å². The average molecular weight is 395 g/mol. The number of carbonyl (C=O) groups excluding carboxylic acids is 3. The molecule has 3 saturated heterocycles. The van der Waals surface area contributed by atoms with Crippen molar-refractivity contribution in [1.82, 2.24) is 14.7 Å². The van der Waals surface area contributed by atoms with Gasteiger partial charge in [0.05, 0.1) is 30.8 Å². The summed E-state index contributed by atoms with van der Waals surface area (Å²) >= 11 is 0. The van der Waals surface area contributed by atoms with Gasteiger partial charge < -0.3 is 19.9 Å². The zero-order valence-electron chi connectivity index (χ0n) is 15.8. The lowest BCUT2D eigenvalue weighted by Crippen LogP contribution is -2.72. The molecule has 1 unspecified atom stereocenters. The molecular weight excluding hydrogens is 374 g/mol. The third-order valence-corrected chi connectivity index (χ3v) is 6.20. The van der Waals surface area contributed by atoms with Gasteiger partial charge in [-0.25, -0.2) is 9.59 Å². The zero-order valence-corrected chi connectivity index (χ0v) is 15.8. The van der Waals surface area contributed by atoms with Crippen molar-refractivity contribution in [1.29, 1.82) is 5.26 Å². The van der Waals surface area contributed by atoms with E-state index in [-0.39, 0.29) is 30.0 Å². The lowest BCUT2D eigenvalue weighted by Gasteiger charge is -2.51. The van der Waals surface area contributed by atoms with Gasteiger partial charge in [-0.05, 0) is 31.0 Å². The van der Waals surface area contributed by atoms with Crippen molar-refractivity contribution >= 4 is 23.7 Å². The number of nitriles is 1. The number of benzene rings is 1. The van der Waals surface area contributed by atoms with Gasteiger partial charge in [0.1, 0.15) is 0 Å². The molecule has 1 N–H and O–H groups in total. The lowest BCUT2D eigenvalue weighted by atomic mass is 9.84. The van der Waals surface area contributed by atoms with Crippen molar-refractivity contribution in [2.75, 3.05) is 38.0 Å². The second kappa shape index (κ2) is 6.37. The molecule has 9 heteroatoms. The molecule has 1 atom stereocenters. The maximum absolute atomic E-state index is 12.7. The highest BCUT2D eigenvalue weighted by molar-refractivity contribution is 5.90. The maximum Gasteiger partial charge on any atom is 0.411 e. The van der Waals surface area contributed by atoms with Crippen LogP contribution in [0.25, 0.3) is 0 Å². The summed E-state index contributed by atoms with van der Waals surface area (Å²) in [7, 11) is 0. The van der Waals surface area contributed by atoms with E-state index in [0.29, 0.717) is 44.0 Å². The number of nitrogens with one attached hydrogen (secondary N) is 1. The Morgan fingerprint density at radius 1 is 1.21 bits per heavy atom. The molecule has 3 heterocycles. The second-order valence-electron chi connectivity index (χ2n) is 8.18. The normalized spacial score (nSPS) is 24.4. The van der Waals surface area contributed by atoms with E-state index in [1.807, 2.05) is 6.07 Å². The van der Waals surface area contributed by atoms with Crippen LogP contribution >= 0.6 is 0 Å². The second-order valence-corrected chi connectivity index (χ2v) is 8.18. The fraction of sp³-hybridized carbons (Fsp3) is 0.500. The minimum Gasteiger partial charge on any atom is -0.437 e. The molecule has 29 heavy (non-hydrogen) atoms. The van der Waals surface area contributed by atoms with E-state index in [1.165, 1.54) is 0 Å². The third kappa shape index (κ3) is 2.95. The topological polar surface area (TPSA) is 106 Å². The van der Waals surface area contributed by atoms with E-state index in [9.17, 15) is 14.4 Å². The third-order valence-electron chi connectivity index (χ3n) is 6.20. The summed E-state index contributed by atoms with van der Waals surface area (Å²) in [6, 6.07) is 8.24. The van der Waals surface area contributed by atoms with Gasteiger partial charge in [0, 0.05) is 31.2 Å². The standard InChI is InChI=1S/C20H21N5O4/c21-9-13-2-1-3-15(8-13)22-18(27)23-6-7-25-16(10-23)20(29-19(25)28)11-24(12-20)17(26)14-4-5-14/h1-3,8,14,16H,4-7,10-12H2,(H,22,27). The SMILES string of the molecule is N#Cc1cccc(NC(=O)N2CCN3C(=O)OC4(CN(C(=O)C5CC5)C4)C3C2)c1. The fourth-order valence-corrected chi connectivity index (χ4v) is 4.43. The molecular formula is C20H21N5O4. The Morgan fingerprint density at radius 2 is 2.00 bits per heavy atom. The summed E-state index contributed by atoms with van der Waals surface area (Å²) in [6.45, 7) is 1.94. The Bertz CT molecular complexity index is 931. The van der Waals surface area contributed by atoms with E-state index < -0.39 is 5.60 Å². The van der Waals surface area contributed by atoms with Crippen molar-refractivity contribution < 1.29 is 19.1 Å². The maximum atomic E-state index is 12.7. The first-order valence-electron chi connectivity index (χ1n) is 9.83. The van der Waals surface area contributed by atoms with E-state index in [0.717, 1.165) is 12.8 Å². The Labute approximate surface area is 167 Å². The largest absolute Gasteiger partial charge is 0.437 e. The molecule has 1 saturated carbocycles. The molecule has 4 amide bonds. The molecule has 0 bridgehead atoms. The number of carbonyl (C=O) groups is 3. The highest BCUT2D eigenvalue weighted by Crippen LogP contribution is 2.42. The molecule has 1 aromatic carbocycles.